The van der Waals surface area contributed by atoms with Crippen LogP contribution in [0.1, 0.15) is 24.3 Å². The van der Waals surface area contributed by atoms with Crippen molar-refractivity contribution >= 4 is 49.3 Å². The van der Waals surface area contributed by atoms with Crippen LogP contribution in [0.2, 0.25) is 0 Å². The van der Waals surface area contributed by atoms with Gasteiger partial charge in [-0.3, -0.25) is 9.59 Å². The highest BCUT2D eigenvalue weighted by Gasteiger charge is 2.25. The van der Waals surface area contributed by atoms with Gasteiger partial charge in [0.2, 0.25) is 11.8 Å². The molecule has 2 aromatic rings. The quantitative estimate of drug-likeness (QED) is 0.864. The van der Waals surface area contributed by atoms with Crippen LogP contribution in [0.3, 0.4) is 0 Å². The molecule has 3 rings (SSSR count). The number of amides is 2. The summed E-state index contributed by atoms with van der Waals surface area (Å²) in [5, 5.41) is 0.985. The minimum absolute atomic E-state index is 0.0817. The van der Waals surface area contributed by atoms with Gasteiger partial charge in [0.05, 0.1) is 15.2 Å². The van der Waals surface area contributed by atoms with Crippen LogP contribution in [-0.4, -0.2) is 34.8 Å². The fourth-order valence-electron chi connectivity index (χ4n) is 2.84. The van der Waals surface area contributed by atoms with Crippen molar-refractivity contribution in [2.24, 2.45) is 11.7 Å². The number of carbonyl (C=O) groups is 2. The normalized spacial score (nSPS) is 16.0. The molecular formula is C16H18BrN3O2S. The van der Waals surface area contributed by atoms with Crippen LogP contribution < -0.4 is 5.73 Å². The van der Waals surface area contributed by atoms with Crippen molar-refractivity contribution in [1.29, 1.82) is 0 Å². The van der Waals surface area contributed by atoms with Crippen molar-refractivity contribution in [3.8, 4) is 0 Å². The van der Waals surface area contributed by atoms with E-state index in [0.29, 0.717) is 38.8 Å². The van der Waals surface area contributed by atoms with Crippen LogP contribution in [-0.2, 0) is 16.0 Å². The third kappa shape index (κ3) is 3.90. The largest absolute Gasteiger partial charge is 0.369 e. The van der Waals surface area contributed by atoms with E-state index >= 15 is 0 Å². The lowest BCUT2D eigenvalue weighted by molar-refractivity contribution is -0.134. The fraction of sp³-hybridized carbons (Fsp3) is 0.438. The monoisotopic (exact) mass is 395 g/mol. The van der Waals surface area contributed by atoms with Gasteiger partial charge in [-0.05, 0) is 31.0 Å². The Labute approximate surface area is 147 Å². The second-order valence-electron chi connectivity index (χ2n) is 5.78. The first-order chi connectivity index (χ1) is 11.0. The first-order valence-electron chi connectivity index (χ1n) is 7.65. The number of nitrogens with zero attached hydrogens (tertiary/aromatic N) is 2. The van der Waals surface area contributed by atoms with Crippen LogP contribution in [0.4, 0.5) is 0 Å². The first-order valence-corrected chi connectivity index (χ1v) is 9.26. The van der Waals surface area contributed by atoms with E-state index in [4.69, 9.17) is 5.73 Å². The number of rotatable bonds is 4. The number of aryl methyl sites for hydroxylation is 1. The third-order valence-corrected chi connectivity index (χ3v) is 5.79. The zero-order valence-corrected chi connectivity index (χ0v) is 15.0. The average molecular weight is 396 g/mol. The van der Waals surface area contributed by atoms with E-state index in [-0.39, 0.29) is 17.7 Å². The van der Waals surface area contributed by atoms with Gasteiger partial charge in [-0.1, -0.05) is 15.9 Å². The molecule has 5 nitrogen and oxygen atoms in total. The van der Waals surface area contributed by atoms with Crippen molar-refractivity contribution in [2.45, 2.75) is 25.7 Å². The van der Waals surface area contributed by atoms with E-state index in [1.165, 1.54) is 0 Å². The number of primary amides is 1. The van der Waals surface area contributed by atoms with Crippen LogP contribution in [0.5, 0.6) is 0 Å². The van der Waals surface area contributed by atoms with E-state index in [2.05, 4.69) is 20.9 Å². The molecule has 1 fully saturated rings. The van der Waals surface area contributed by atoms with Gasteiger partial charge in [0.1, 0.15) is 0 Å². The Kier molecular flexibility index (Phi) is 4.96. The summed E-state index contributed by atoms with van der Waals surface area (Å²) in [6.45, 7) is 1.25. The number of piperidine rings is 1. The molecule has 2 heterocycles. The highest BCUT2D eigenvalue weighted by atomic mass is 79.9. The smallest absolute Gasteiger partial charge is 0.222 e. The summed E-state index contributed by atoms with van der Waals surface area (Å²) in [4.78, 5) is 29.9. The predicted molar refractivity (Wildman–Crippen MR) is 94.1 cm³/mol. The molecule has 0 radical (unpaired) electrons. The maximum atomic E-state index is 12.3. The molecule has 2 amide bonds. The van der Waals surface area contributed by atoms with E-state index in [0.717, 1.165) is 19.7 Å². The van der Waals surface area contributed by atoms with Gasteiger partial charge in [-0.25, -0.2) is 4.98 Å². The minimum Gasteiger partial charge on any atom is -0.369 e. The molecule has 0 bridgehead atoms. The van der Waals surface area contributed by atoms with Crippen molar-refractivity contribution in [3.63, 3.8) is 0 Å². The summed E-state index contributed by atoms with van der Waals surface area (Å²) in [5.41, 5.74) is 6.29. The van der Waals surface area contributed by atoms with Crippen LogP contribution in [0.25, 0.3) is 10.2 Å². The van der Waals surface area contributed by atoms with E-state index in [1.54, 1.807) is 11.3 Å². The lowest BCUT2D eigenvalue weighted by atomic mass is 9.96. The van der Waals surface area contributed by atoms with Crippen molar-refractivity contribution < 1.29 is 9.59 Å². The summed E-state index contributed by atoms with van der Waals surface area (Å²) < 4.78 is 2.15. The second kappa shape index (κ2) is 6.97. The number of aromatic nitrogens is 1. The number of thiazole rings is 1. The predicted octanol–water partition coefficient (Wildman–Crippen LogP) is 2.72. The van der Waals surface area contributed by atoms with E-state index in [9.17, 15) is 9.59 Å². The van der Waals surface area contributed by atoms with Crippen LogP contribution >= 0.6 is 27.3 Å². The van der Waals surface area contributed by atoms with Gasteiger partial charge in [-0.2, -0.15) is 0 Å². The number of nitrogens with two attached hydrogens (primary N) is 1. The van der Waals surface area contributed by atoms with Gasteiger partial charge < -0.3 is 10.6 Å². The van der Waals surface area contributed by atoms with Gasteiger partial charge >= 0.3 is 0 Å². The summed E-state index contributed by atoms with van der Waals surface area (Å²) >= 11 is 5.08. The van der Waals surface area contributed by atoms with Gasteiger partial charge in [0, 0.05) is 36.3 Å². The van der Waals surface area contributed by atoms with Crippen LogP contribution in [0, 0.1) is 5.92 Å². The average Bonchev–Trinajstić information content (AvgIpc) is 2.94. The van der Waals surface area contributed by atoms with Crippen molar-refractivity contribution in [2.75, 3.05) is 13.1 Å². The Morgan fingerprint density at radius 3 is 2.78 bits per heavy atom. The number of halogens is 1. The topological polar surface area (TPSA) is 76.3 Å². The first kappa shape index (κ1) is 16.4. The lowest BCUT2D eigenvalue weighted by Crippen LogP contribution is -2.41. The Morgan fingerprint density at radius 1 is 1.35 bits per heavy atom. The molecule has 0 unspecified atom stereocenters. The summed E-state index contributed by atoms with van der Waals surface area (Å²) in [6, 6.07) is 6.03. The molecule has 1 aliphatic heterocycles. The van der Waals surface area contributed by atoms with E-state index in [1.807, 2.05) is 23.1 Å². The summed E-state index contributed by atoms with van der Waals surface area (Å²) in [7, 11) is 0. The SMILES string of the molecule is NC(=O)C1CCN(C(=O)CCc2nc3cc(Br)ccc3s2)CC1. The molecule has 0 spiro atoms. The molecule has 0 aliphatic carbocycles. The maximum Gasteiger partial charge on any atom is 0.222 e. The molecule has 23 heavy (non-hydrogen) atoms. The maximum absolute atomic E-state index is 12.3. The Balaban J connectivity index is 1.55. The molecular weight excluding hydrogens is 378 g/mol. The summed E-state index contributed by atoms with van der Waals surface area (Å²) in [6.07, 6.45) is 2.47. The lowest BCUT2D eigenvalue weighted by Gasteiger charge is -2.30. The van der Waals surface area contributed by atoms with Gasteiger partial charge in [0.15, 0.2) is 0 Å². The number of likely N-dealkylation sites (tertiary alicyclic amines) is 1. The van der Waals surface area contributed by atoms with Crippen molar-refractivity contribution in [3.05, 3.63) is 27.7 Å². The molecule has 7 heteroatoms. The van der Waals surface area contributed by atoms with Crippen molar-refractivity contribution in [1.82, 2.24) is 9.88 Å². The molecule has 0 atom stereocenters. The molecule has 1 aliphatic rings. The minimum atomic E-state index is -0.252. The Hall–Kier alpha value is -1.47. The van der Waals surface area contributed by atoms with E-state index < -0.39 is 0 Å². The highest BCUT2D eigenvalue weighted by molar-refractivity contribution is 9.10. The van der Waals surface area contributed by atoms with Gasteiger partial charge in [0.25, 0.3) is 0 Å². The fourth-order valence-corrected chi connectivity index (χ4v) is 4.14. The highest BCUT2D eigenvalue weighted by Crippen LogP contribution is 2.26. The molecule has 1 aromatic heterocycles. The zero-order chi connectivity index (χ0) is 16.4. The van der Waals surface area contributed by atoms with Gasteiger partial charge in [-0.15, -0.1) is 11.3 Å². The zero-order valence-electron chi connectivity index (χ0n) is 12.6. The number of fused-ring (bicyclic) bond motifs is 1. The standard InChI is InChI=1S/C16H18BrN3O2S/c17-11-1-2-13-12(9-11)19-14(23-13)3-4-15(21)20-7-5-10(6-8-20)16(18)22/h1-2,9-10H,3-8H2,(H2,18,22). The number of carbonyl (C=O) groups excluding carboxylic acids is 2. The molecule has 122 valence electrons. The number of hydrogen-bond acceptors (Lipinski definition) is 4. The number of hydrogen-bond donors (Lipinski definition) is 1. The Bertz CT molecular complexity index is 738. The van der Waals surface area contributed by atoms with Crippen LogP contribution in [0.15, 0.2) is 22.7 Å². The molecule has 1 saturated heterocycles. The third-order valence-electron chi connectivity index (χ3n) is 4.20. The molecule has 2 N–H and O–H groups in total. The number of benzene rings is 1. The Morgan fingerprint density at radius 2 is 2.09 bits per heavy atom. The summed E-state index contributed by atoms with van der Waals surface area (Å²) in [5.74, 6) is -0.201. The molecule has 0 saturated carbocycles. The second-order valence-corrected chi connectivity index (χ2v) is 7.81. The molecule has 1 aromatic carbocycles.